The molecule has 2 fully saturated rings. The van der Waals surface area contributed by atoms with Gasteiger partial charge in [0.25, 0.3) is 11.8 Å². The van der Waals surface area contributed by atoms with E-state index < -0.39 is 46.5 Å². The van der Waals surface area contributed by atoms with Crippen molar-refractivity contribution in [2.24, 2.45) is 5.16 Å². The van der Waals surface area contributed by atoms with E-state index in [0.717, 1.165) is 41.9 Å². The Morgan fingerprint density at radius 2 is 2.09 bits per heavy atom. The van der Waals surface area contributed by atoms with Crippen molar-refractivity contribution in [2.75, 3.05) is 25.1 Å². The first-order chi connectivity index (χ1) is 22.0. The number of aliphatic carboxylic acids is 2. The van der Waals surface area contributed by atoms with Crippen LogP contribution in [0, 0.1) is 0 Å². The molecule has 242 valence electrons. The van der Waals surface area contributed by atoms with E-state index in [1.807, 2.05) is 42.2 Å². The summed E-state index contributed by atoms with van der Waals surface area (Å²) in [4.78, 5) is 61.4. The number of anilines is 1. The zero-order chi connectivity index (χ0) is 32.7. The zero-order valence-corrected chi connectivity index (χ0v) is 26.8. The van der Waals surface area contributed by atoms with Crippen LogP contribution in [-0.4, -0.2) is 90.5 Å². The van der Waals surface area contributed by atoms with Crippen molar-refractivity contribution in [3.63, 3.8) is 0 Å². The standard InChI is InChI=1S/C28H29ClN8O7S2/c1-31-8-3-10-35-11-5-16-15(35)4-2-9-36(16)12-14-13-45-24-19(23(39)37(24)20(14)25(40)41)32-22(38)18(17-21(29)46-27(30)33-17)34-44-28(6-7-28)26(42)43/h2,4-5,9,11,19,24,31H,3,6-8,10,12-13H2,1H3,(H4-,30,32,33,38,40,41,42,43)/p+1/b34-18-/t19-,24-/m1/s1. The van der Waals surface area contributed by atoms with E-state index in [4.69, 9.17) is 22.2 Å². The molecule has 3 aromatic rings. The molecule has 5 heterocycles. The van der Waals surface area contributed by atoms with Gasteiger partial charge in [0.1, 0.15) is 32.7 Å². The number of hydrogen-bond acceptors (Lipinski definition) is 11. The summed E-state index contributed by atoms with van der Waals surface area (Å²) in [5, 5.41) is 28.5. The van der Waals surface area contributed by atoms with Crippen LogP contribution < -0.4 is 20.9 Å². The number of nitrogens with two attached hydrogens (primary N) is 1. The number of nitrogens with one attached hydrogen (secondary N) is 2. The van der Waals surface area contributed by atoms with Gasteiger partial charge in [0.05, 0.1) is 0 Å². The lowest BCUT2D eigenvalue weighted by molar-refractivity contribution is -0.663. The number of carboxylic acid groups (broad SMARTS) is 2. The smallest absolute Gasteiger partial charge is 0.352 e. The van der Waals surface area contributed by atoms with Gasteiger partial charge in [-0.25, -0.2) is 14.6 Å². The molecule has 18 heteroatoms. The van der Waals surface area contributed by atoms with Gasteiger partial charge in [0.2, 0.25) is 11.1 Å². The fraction of sp³-hybridized carbons (Fsp3) is 0.393. The number of nitrogens with zero attached hydrogens (tertiary/aromatic N) is 5. The molecule has 1 saturated carbocycles. The second-order valence-corrected chi connectivity index (χ2v) is 13.7. The lowest BCUT2D eigenvalue weighted by Gasteiger charge is -2.49. The van der Waals surface area contributed by atoms with Crippen LogP contribution in [0.15, 0.2) is 47.0 Å². The number of oxime groups is 1. The summed E-state index contributed by atoms with van der Waals surface area (Å²) in [6.07, 6.45) is 5.22. The van der Waals surface area contributed by atoms with E-state index in [0.29, 0.717) is 11.3 Å². The fourth-order valence-corrected chi connectivity index (χ4v) is 7.70. The predicted molar refractivity (Wildman–Crippen MR) is 169 cm³/mol. The van der Waals surface area contributed by atoms with Crippen molar-refractivity contribution in [2.45, 2.75) is 49.4 Å². The van der Waals surface area contributed by atoms with Gasteiger partial charge in [0.15, 0.2) is 23.6 Å². The van der Waals surface area contributed by atoms with Crippen molar-refractivity contribution < 1.29 is 38.8 Å². The number of rotatable bonds is 13. The Morgan fingerprint density at radius 1 is 1.30 bits per heavy atom. The molecule has 0 aromatic carbocycles. The summed E-state index contributed by atoms with van der Waals surface area (Å²) >= 11 is 8.43. The Labute approximate surface area is 275 Å². The van der Waals surface area contributed by atoms with Gasteiger partial charge in [-0.1, -0.05) is 28.1 Å². The summed E-state index contributed by atoms with van der Waals surface area (Å²) in [5.74, 6) is -3.70. The number of β-lactam (4-membered cyclic amide) rings is 1. The second-order valence-electron chi connectivity index (χ2n) is 11.0. The fourth-order valence-electron chi connectivity index (χ4n) is 5.44. The number of carbonyl (C=O) groups is 4. The van der Waals surface area contributed by atoms with Crippen molar-refractivity contribution in [3.05, 3.63) is 51.9 Å². The summed E-state index contributed by atoms with van der Waals surface area (Å²) in [5.41, 5.74) is 5.99. The minimum atomic E-state index is -1.56. The number of thioether (sulfide) groups is 1. The minimum Gasteiger partial charge on any atom is -0.478 e. The third-order valence-electron chi connectivity index (χ3n) is 7.98. The number of carboxylic acids is 2. The lowest BCUT2D eigenvalue weighted by atomic mass is 10.0. The molecule has 1 aliphatic carbocycles. The highest BCUT2D eigenvalue weighted by Crippen LogP contribution is 2.42. The van der Waals surface area contributed by atoms with E-state index >= 15 is 0 Å². The number of pyridine rings is 1. The molecule has 15 nitrogen and oxygen atoms in total. The zero-order valence-electron chi connectivity index (χ0n) is 24.4. The Balaban J connectivity index is 1.22. The molecule has 0 bridgehead atoms. The number of hydrogen-bond donors (Lipinski definition) is 5. The first kappa shape index (κ1) is 31.8. The van der Waals surface area contributed by atoms with Gasteiger partial charge in [-0.15, -0.1) is 11.8 Å². The third-order valence-corrected chi connectivity index (χ3v) is 10.4. The predicted octanol–water partition coefficient (Wildman–Crippen LogP) is 1.01. The maximum Gasteiger partial charge on any atom is 0.352 e. The Kier molecular flexibility index (Phi) is 8.66. The second kappa shape index (κ2) is 12.5. The van der Waals surface area contributed by atoms with E-state index in [2.05, 4.69) is 25.3 Å². The molecule has 0 radical (unpaired) electrons. The van der Waals surface area contributed by atoms with E-state index in [1.165, 1.54) is 16.7 Å². The summed E-state index contributed by atoms with van der Waals surface area (Å²) in [6, 6.07) is 4.81. The number of fused-ring (bicyclic) bond motifs is 2. The molecule has 2 atom stereocenters. The normalized spacial score (nSPS) is 20.3. The molecule has 0 unspecified atom stereocenters. The highest BCUT2D eigenvalue weighted by atomic mass is 35.5. The number of amides is 2. The van der Waals surface area contributed by atoms with Crippen LogP contribution in [0.3, 0.4) is 0 Å². The Morgan fingerprint density at radius 3 is 2.74 bits per heavy atom. The highest BCUT2D eigenvalue weighted by Gasteiger charge is 2.56. The largest absolute Gasteiger partial charge is 0.478 e. The quantitative estimate of drug-likeness (QED) is 0.0563. The van der Waals surface area contributed by atoms with Crippen LogP contribution in [-0.2, 0) is 37.1 Å². The maximum atomic E-state index is 13.4. The molecule has 2 amide bonds. The van der Waals surface area contributed by atoms with Crippen LogP contribution in [0.2, 0.25) is 4.34 Å². The van der Waals surface area contributed by atoms with Crippen LogP contribution in [0.5, 0.6) is 0 Å². The van der Waals surface area contributed by atoms with Crippen LogP contribution >= 0.6 is 34.7 Å². The number of aryl methyl sites for hydroxylation is 1. The van der Waals surface area contributed by atoms with Crippen molar-refractivity contribution in [3.8, 4) is 0 Å². The topological polar surface area (TPSA) is 205 Å². The number of thiazole rings is 1. The van der Waals surface area contributed by atoms with Crippen LogP contribution in [0.25, 0.3) is 11.0 Å². The number of nitrogen functional groups attached to an aromatic ring is 1. The van der Waals surface area contributed by atoms with Crippen molar-refractivity contribution >= 4 is 80.3 Å². The van der Waals surface area contributed by atoms with Crippen LogP contribution in [0.4, 0.5) is 5.13 Å². The van der Waals surface area contributed by atoms with Gasteiger partial charge < -0.3 is 36.0 Å². The molecule has 1 saturated heterocycles. The van der Waals surface area contributed by atoms with Gasteiger partial charge in [-0.3, -0.25) is 14.5 Å². The van der Waals surface area contributed by atoms with Gasteiger partial charge in [-0.2, -0.15) is 4.57 Å². The molecular formula is C28H30ClN8O7S2+. The van der Waals surface area contributed by atoms with E-state index in [9.17, 15) is 29.4 Å². The first-order valence-electron chi connectivity index (χ1n) is 14.3. The summed E-state index contributed by atoms with van der Waals surface area (Å²) < 4.78 is 4.13. The summed E-state index contributed by atoms with van der Waals surface area (Å²) in [7, 11) is 1.91. The maximum absolute atomic E-state index is 13.4. The average Bonchev–Trinajstić information content (AvgIpc) is 3.60. The van der Waals surface area contributed by atoms with Crippen molar-refractivity contribution in [1.29, 1.82) is 0 Å². The van der Waals surface area contributed by atoms with Gasteiger partial charge in [-0.05, 0) is 26.1 Å². The monoisotopic (exact) mass is 689 g/mol. The van der Waals surface area contributed by atoms with Gasteiger partial charge in [0, 0.05) is 49.0 Å². The number of carbonyl (C=O) groups excluding carboxylic acids is 2. The SMILES string of the molecule is CNCCCn1ccc2c1ccc[n+]2CC1=C(C(=O)O)N2C(=O)[C@@H](NC(=O)/C(=N\OC3(C(=O)O)CC3)c3nc(N)sc3Cl)[C@H]2SC1. The molecule has 2 aliphatic heterocycles. The van der Waals surface area contributed by atoms with Gasteiger partial charge >= 0.3 is 11.9 Å². The van der Waals surface area contributed by atoms with E-state index in [-0.39, 0.29) is 40.2 Å². The molecule has 46 heavy (non-hydrogen) atoms. The third kappa shape index (κ3) is 5.78. The summed E-state index contributed by atoms with van der Waals surface area (Å²) in [6.45, 7) is 1.96. The molecule has 6 rings (SSSR count). The minimum absolute atomic E-state index is 0.0188. The average molecular weight is 690 g/mol. The van der Waals surface area contributed by atoms with Crippen molar-refractivity contribution in [1.82, 2.24) is 25.1 Å². The molecule has 3 aromatic heterocycles. The Bertz CT molecular complexity index is 1820. The first-order valence-corrected chi connectivity index (χ1v) is 16.5. The molecular weight excluding hydrogens is 660 g/mol. The molecule has 3 aliphatic rings. The Hall–Kier alpha value is -4.19. The van der Waals surface area contributed by atoms with Crippen LogP contribution in [0.1, 0.15) is 25.0 Å². The van der Waals surface area contributed by atoms with E-state index in [1.54, 1.807) is 0 Å². The number of halogens is 1. The molecule has 0 spiro atoms. The number of aromatic nitrogens is 3. The lowest BCUT2D eigenvalue weighted by Crippen LogP contribution is -2.71. The highest BCUT2D eigenvalue weighted by molar-refractivity contribution is 8.00. The molecule has 6 N–H and O–H groups in total.